The minimum Gasteiger partial charge on any atom is -0.322 e. The zero-order valence-corrected chi connectivity index (χ0v) is 19.2. The first-order valence-electron chi connectivity index (χ1n) is 11.4. The number of rotatable bonds is 3. The lowest BCUT2D eigenvalue weighted by molar-refractivity contribution is -0.137. The Morgan fingerprint density at radius 2 is 1.61 bits per heavy atom. The summed E-state index contributed by atoms with van der Waals surface area (Å²) in [6.07, 6.45) is 1.66. The van der Waals surface area contributed by atoms with Crippen molar-refractivity contribution in [1.29, 1.82) is 0 Å². The van der Waals surface area contributed by atoms with Crippen LogP contribution in [0.4, 0.5) is 13.2 Å². The first-order valence-corrected chi connectivity index (χ1v) is 11.4. The van der Waals surface area contributed by atoms with Gasteiger partial charge in [-0.15, -0.1) is 12.4 Å². The first kappa shape index (κ1) is 23.8. The van der Waals surface area contributed by atoms with Crippen molar-refractivity contribution < 1.29 is 13.2 Å². The summed E-state index contributed by atoms with van der Waals surface area (Å²) in [7, 11) is 0. The second-order valence-corrected chi connectivity index (χ2v) is 9.17. The first-order chi connectivity index (χ1) is 15.4. The summed E-state index contributed by atoms with van der Waals surface area (Å²) in [5.74, 6) is 0.299. The summed E-state index contributed by atoms with van der Waals surface area (Å²) in [4.78, 5) is 18.0. The Morgan fingerprint density at radius 3 is 2.27 bits per heavy atom. The molecule has 2 heterocycles. The van der Waals surface area contributed by atoms with Crippen molar-refractivity contribution in [3.63, 3.8) is 0 Å². The number of likely N-dealkylation sites (tertiary alicyclic amines) is 1. The van der Waals surface area contributed by atoms with E-state index < -0.39 is 11.7 Å². The Bertz CT molecular complexity index is 1180. The second-order valence-electron chi connectivity index (χ2n) is 9.17. The number of benzene rings is 2. The molecule has 0 radical (unpaired) electrons. The molecule has 176 valence electrons. The van der Waals surface area contributed by atoms with E-state index >= 15 is 0 Å². The topological polar surface area (TPSA) is 36.1 Å². The number of hydrogen-bond acceptors (Lipinski definition) is 2. The summed E-state index contributed by atoms with van der Waals surface area (Å²) in [6, 6.07) is 12.1. The SMILES string of the molecule is Cl.O=c1[nH]c2cc(CN3CCC(c4ccc(C(F)(F)F)cc4)CC3)ccc2c2c1CCCC2. The monoisotopic (exact) mass is 476 g/mol. The Hall–Kier alpha value is -2.31. The van der Waals surface area contributed by atoms with Crippen LogP contribution in [0.15, 0.2) is 47.3 Å². The van der Waals surface area contributed by atoms with Gasteiger partial charge in [0.2, 0.25) is 0 Å². The lowest BCUT2D eigenvalue weighted by Gasteiger charge is -2.32. The summed E-state index contributed by atoms with van der Waals surface area (Å²) in [5, 5.41) is 1.17. The predicted octanol–water partition coefficient (Wildman–Crippen LogP) is 6.23. The number of H-pyrrole nitrogens is 1. The molecule has 5 rings (SSSR count). The molecule has 33 heavy (non-hydrogen) atoms. The van der Waals surface area contributed by atoms with E-state index in [1.54, 1.807) is 12.1 Å². The molecular formula is C26H28ClF3N2O. The quantitative estimate of drug-likeness (QED) is 0.486. The van der Waals surface area contributed by atoms with Gasteiger partial charge >= 0.3 is 6.18 Å². The van der Waals surface area contributed by atoms with Crippen LogP contribution in [0.2, 0.25) is 0 Å². The van der Waals surface area contributed by atoms with Gasteiger partial charge in [-0.1, -0.05) is 24.3 Å². The van der Waals surface area contributed by atoms with Crippen LogP contribution in [0.3, 0.4) is 0 Å². The predicted molar refractivity (Wildman–Crippen MR) is 127 cm³/mol. The van der Waals surface area contributed by atoms with Gasteiger partial charge in [0.1, 0.15) is 0 Å². The van der Waals surface area contributed by atoms with E-state index in [0.29, 0.717) is 5.92 Å². The Labute approximate surface area is 197 Å². The van der Waals surface area contributed by atoms with E-state index in [1.165, 1.54) is 28.6 Å². The number of aromatic amines is 1. The number of nitrogens with one attached hydrogen (secondary N) is 1. The molecule has 0 atom stereocenters. The Balaban J connectivity index is 0.00000259. The summed E-state index contributed by atoms with van der Waals surface area (Å²) in [5.41, 5.74) is 4.74. The fraction of sp³-hybridized carbons (Fsp3) is 0.423. The molecule has 0 saturated carbocycles. The highest BCUT2D eigenvalue weighted by Gasteiger charge is 2.30. The van der Waals surface area contributed by atoms with Gasteiger partial charge < -0.3 is 4.98 Å². The van der Waals surface area contributed by atoms with Crippen molar-refractivity contribution in [2.45, 2.75) is 57.2 Å². The zero-order chi connectivity index (χ0) is 22.3. The van der Waals surface area contributed by atoms with Gasteiger partial charge in [0, 0.05) is 23.0 Å². The van der Waals surface area contributed by atoms with Gasteiger partial charge in [-0.25, -0.2) is 0 Å². The maximum Gasteiger partial charge on any atom is 0.416 e. The maximum absolute atomic E-state index is 12.8. The number of alkyl halides is 3. The van der Waals surface area contributed by atoms with Gasteiger partial charge in [0.15, 0.2) is 0 Å². The molecule has 1 aliphatic carbocycles. The number of aromatic nitrogens is 1. The minimum atomic E-state index is -4.29. The van der Waals surface area contributed by atoms with Crippen LogP contribution >= 0.6 is 12.4 Å². The van der Waals surface area contributed by atoms with Crippen LogP contribution in [0.1, 0.15) is 59.4 Å². The molecule has 1 fully saturated rings. The Kier molecular flexibility index (Phi) is 6.87. The lowest BCUT2D eigenvalue weighted by atomic mass is 9.88. The van der Waals surface area contributed by atoms with E-state index in [9.17, 15) is 18.0 Å². The Morgan fingerprint density at radius 1 is 0.939 bits per heavy atom. The summed E-state index contributed by atoms with van der Waals surface area (Å²) < 4.78 is 38.4. The molecule has 1 saturated heterocycles. The van der Waals surface area contributed by atoms with E-state index in [-0.39, 0.29) is 18.0 Å². The fourth-order valence-corrected chi connectivity index (χ4v) is 5.33. The van der Waals surface area contributed by atoms with Crippen molar-refractivity contribution in [3.8, 4) is 0 Å². The van der Waals surface area contributed by atoms with Gasteiger partial charge in [-0.2, -0.15) is 13.2 Å². The fourth-order valence-electron chi connectivity index (χ4n) is 5.33. The van der Waals surface area contributed by atoms with E-state index in [1.807, 2.05) is 0 Å². The van der Waals surface area contributed by atoms with Crippen LogP contribution in [-0.2, 0) is 25.6 Å². The third-order valence-corrected chi connectivity index (χ3v) is 7.10. The highest BCUT2D eigenvalue weighted by atomic mass is 35.5. The molecule has 0 spiro atoms. The molecule has 0 bridgehead atoms. The van der Waals surface area contributed by atoms with Crippen molar-refractivity contribution in [2.75, 3.05) is 13.1 Å². The van der Waals surface area contributed by atoms with Crippen molar-refractivity contribution >= 4 is 23.3 Å². The van der Waals surface area contributed by atoms with Crippen LogP contribution in [0.25, 0.3) is 10.9 Å². The largest absolute Gasteiger partial charge is 0.416 e. The van der Waals surface area contributed by atoms with Crippen molar-refractivity contribution in [1.82, 2.24) is 9.88 Å². The van der Waals surface area contributed by atoms with Crippen LogP contribution in [-0.4, -0.2) is 23.0 Å². The standard InChI is InChI=1S/C26H27F3N2O.ClH/c27-26(28,29)20-8-6-18(7-9-20)19-11-13-31(14-12-19)16-17-5-10-22-21-3-1-2-4-23(21)25(32)30-24(22)15-17;/h5-10,15,19H,1-4,11-14,16H2,(H,30,32);1H. The third kappa shape index (κ3) is 4.97. The normalized spacial score (nSPS) is 17.5. The lowest BCUT2D eigenvalue weighted by Crippen LogP contribution is -2.32. The number of hydrogen-bond donors (Lipinski definition) is 1. The molecule has 1 N–H and O–H groups in total. The molecule has 2 aliphatic rings. The number of piperidine rings is 1. The highest BCUT2D eigenvalue weighted by Crippen LogP contribution is 2.33. The second kappa shape index (κ2) is 9.51. The highest BCUT2D eigenvalue weighted by molar-refractivity contribution is 5.85. The molecule has 1 aliphatic heterocycles. The number of fused-ring (bicyclic) bond motifs is 3. The summed E-state index contributed by atoms with van der Waals surface area (Å²) in [6.45, 7) is 2.63. The average molecular weight is 477 g/mol. The molecule has 1 aromatic heterocycles. The van der Waals surface area contributed by atoms with Crippen LogP contribution in [0.5, 0.6) is 0 Å². The number of nitrogens with zero attached hydrogens (tertiary/aromatic N) is 1. The number of pyridine rings is 1. The maximum atomic E-state index is 12.8. The average Bonchev–Trinajstić information content (AvgIpc) is 2.79. The third-order valence-electron chi connectivity index (χ3n) is 7.10. The number of halogens is 4. The van der Waals surface area contributed by atoms with Gasteiger partial charge in [-0.05, 0) is 92.4 Å². The minimum absolute atomic E-state index is 0. The molecule has 0 amide bonds. The van der Waals surface area contributed by atoms with Gasteiger partial charge in [0.05, 0.1) is 5.56 Å². The van der Waals surface area contributed by atoms with E-state index in [2.05, 4.69) is 28.1 Å². The molecule has 7 heteroatoms. The smallest absolute Gasteiger partial charge is 0.322 e. The molecule has 2 aromatic carbocycles. The van der Waals surface area contributed by atoms with Crippen LogP contribution in [0, 0.1) is 0 Å². The molecular weight excluding hydrogens is 449 g/mol. The molecule has 3 aromatic rings. The zero-order valence-electron chi connectivity index (χ0n) is 18.4. The van der Waals surface area contributed by atoms with E-state index in [0.717, 1.165) is 74.8 Å². The van der Waals surface area contributed by atoms with Gasteiger partial charge in [-0.3, -0.25) is 9.69 Å². The number of aryl methyl sites for hydroxylation is 1. The molecule has 3 nitrogen and oxygen atoms in total. The summed E-state index contributed by atoms with van der Waals surface area (Å²) >= 11 is 0. The van der Waals surface area contributed by atoms with E-state index in [4.69, 9.17) is 0 Å². The van der Waals surface area contributed by atoms with Crippen molar-refractivity contribution in [3.05, 3.63) is 80.6 Å². The van der Waals surface area contributed by atoms with Gasteiger partial charge in [0.25, 0.3) is 5.56 Å². The van der Waals surface area contributed by atoms with Crippen molar-refractivity contribution in [2.24, 2.45) is 0 Å². The van der Waals surface area contributed by atoms with Crippen LogP contribution < -0.4 is 5.56 Å². The molecule has 0 unspecified atom stereocenters.